The highest BCUT2D eigenvalue weighted by Gasteiger charge is 2.22. The Morgan fingerprint density at radius 2 is 2.05 bits per heavy atom. The van der Waals surface area contributed by atoms with Crippen LogP contribution in [0.1, 0.15) is 24.3 Å². The molecule has 0 spiro atoms. The van der Waals surface area contributed by atoms with Crippen molar-refractivity contribution < 1.29 is 8.42 Å². The molecule has 5 heteroatoms. The summed E-state index contributed by atoms with van der Waals surface area (Å²) in [4.78, 5) is 2.42. The van der Waals surface area contributed by atoms with Crippen molar-refractivity contribution in [3.8, 4) is 0 Å². The largest absolute Gasteiger partial charge is 0.303 e. The minimum absolute atomic E-state index is 0.533. The second-order valence-electron chi connectivity index (χ2n) is 5.22. The fourth-order valence-electron chi connectivity index (χ4n) is 2.59. The first kappa shape index (κ1) is 14.5. The van der Waals surface area contributed by atoms with Gasteiger partial charge in [0, 0.05) is 13.1 Å². The Balaban J connectivity index is 1.71. The van der Waals surface area contributed by atoms with E-state index in [1.165, 1.54) is 18.2 Å². The molecule has 1 heterocycles. The van der Waals surface area contributed by atoms with Crippen molar-refractivity contribution in [2.24, 2.45) is 0 Å². The summed E-state index contributed by atoms with van der Waals surface area (Å²) in [7, 11) is -3.04. The molecule has 0 unspecified atom stereocenters. The van der Waals surface area contributed by atoms with Gasteiger partial charge in [-0.3, -0.25) is 0 Å². The third kappa shape index (κ3) is 4.93. The fraction of sp³-hybridized carbons (Fsp3) is 0.571. The zero-order valence-electron chi connectivity index (χ0n) is 11.4. The van der Waals surface area contributed by atoms with Crippen molar-refractivity contribution in [1.29, 1.82) is 0 Å². The van der Waals surface area contributed by atoms with Crippen molar-refractivity contribution in [3.05, 3.63) is 35.9 Å². The zero-order chi connectivity index (χ0) is 13.7. The van der Waals surface area contributed by atoms with E-state index in [9.17, 15) is 8.42 Å². The van der Waals surface area contributed by atoms with Crippen LogP contribution in [-0.4, -0.2) is 45.8 Å². The van der Waals surface area contributed by atoms with Gasteiger partial charge in [0.25, 0.3) is 0 Å². The van der Waals surface area contributed by atoms with Gasteiger partial charge in [-0.2, -0.15) is 0 Å². The molecule has 2 rings (SSSR count). The van der Waals surface area contributed by atoms with E-state index in [0.717, 1.165) is 26.1 Å². The van der Waals surface area contributed by atoms with E-state index in [4.69, 9.17) is 0 Å². The molecular formula is C14H22N2O2S. The van der Waals surface area contributed by atoms with Crippen LogP contribution < -0.4 is 4.72 Å². The highest BCUT2D eigenvalue weighted by atomic mass is 32.2. The molecule has 0 aromatic heterocycles. The van der Waals surface area contributed by atoms with Crippen molar-refractivity contribution in [2.45, 2.75) is 18.8 Å². The lowest BCUT2D eigenvalue weighted by Crippen LogP contribution is -2.28. The topological polar surface area (TPSA) is 49.4 Å². The molecular weight excluding hydrogens is 260 g/mol. The lowest BCUT2D eigenvalue weighted by molar-refractivity contribution is 0.330. The van der Waals surface area contributed by atoms with Gasteiger partial charge in [-0.1, -0.05) is 30.3 Å². The Morgan fingerprint density at radius 1 is 1.32 bits per heavy atom. The minimum atomic E-state index is -3.04. The Bertz CT molecular complexity index is 487. The monoisotopic (exact) mass is 282 g/mol. The molecule has 1 atom stereocenters. The quantitative estimate of drug-likeness (QED) is 0.803. The van der Waals surface area contributed by atoms with E-state index < -0.39 is 10.0 Å². The van der Waals surface area contributed by atoms with Gasteiger partial charge in [0.2, 0.25) is 10.0 Å². The van der Waals surface area contributed by atoms with Crippen LogP contribution in [0.5, 0.6) is 0 Å². The number of hydrogen-bond acceptors (Lipinski definition) is 3. The summed E-state index contributed by atoms with van der Waals surface area (Å²) in [6, 6.07) is 10.6. The molecule has 1 aliphatic heterocycles. The number of hydrogen-bond donors (Lipinski definition) is 1. The lowest BCUT2D eigenvalue weighted by atomic mass is 9.99. The van der Waals surface area contributed by atoms with Crippen molar-refractivity contribution in [2.75, 3.05) is 32.4 Å². The molecule has 1 aromatic rings. The summed E-state index contributed by atoms with van der Waals surface area (Å²) < 4.78 is 24.4. The Morgan fingerprint density at radius 3 is 2.74 bits per heavy atom. The van der Waals surface area contributed by atoms with Gasteiger partial charge >= 0.3 is 0 Å². The SMILES string of the molecule is CS(=O)(=O)NCCCN1CC[C@H](c2ccccc2)C1. The van der Waals surface area contributed by atoms with Crippen LogP contribution in [0.25, 0.3) is 0 Å². The summed E-state index contributed by atoms with van der Waals surface area (Å²) in [5.41, 5.74) is 1.42. The van der Waals surface area contributed by atoms with Crippen molar-refractivity contribution in [3.63, 3.8) is 0 Å². The van der Waals surface area contributed by atoms with E-state index in [0.29, 0.717) is 12.5 Å². The number of nitrogens with one attached hydrogen (secondary N) is 1. The van der Waals surface area contributed by atoms with E-state index in [1.54, 1.807) is 0 Å². The number of nitrogens with zero attached hydrogens (tertiary/aromatic N) is 1. The van der Waals surface area contributed by atoms with E-state index in [-0.39, 0.29) is 0 Å². The van der Waals surface area contributed by atoms with Gasteiger partial charge in [0.15, 0.2) is 0 Å². The smallest absolute Gasteiger partial charge is 0.208 e. The lowest BCUT2D eigenvalue weighted by Gasteiger charge is -2.16. The molecule has 0 aliphatic carbocycles. The Kier molecular flexibility index (Phi) is 4.96. The van der Waals surface area contributed by atoms with Crippen LogP contribution in [0.15, 0.2) is 30.3 Å². The number of rotatable bonds is 6. The second kappa shape index (κ2) is 6.50. The van der Waals surface area contributed by atoms with E-state index in [1.807, 2.05) is 6.07 Å². The third-order valence-electron chi connectivity index (χ3n) is 3.56. The molecule has 1 fully saturated rings. The van der Waals surface area contributed by atoms with Crippen molar-refractivity contribution >= 4 is 10.0 Å². The fourth-order valence-corrected chi connectivity index (χ4v) is 3.11. The minimum Gasteiger partial charge on any atom is -0.303 e. The highest BCUT2D eigenvalue weighted by Crippen LogP contribution is 2.26. The first-order valence-corrected chi connectivity index (χ1v) is 8.66. The van der Waals surface area contributed by atoms with Gasteiger partial charge in [0.1, 0.15) is 0 Å². The predicted octanol–water partition coefficient (Wildman–Crippen LogP) is 1.42. The van der Waals surface area contributed by atoms with Gasteiger partial charge in [-0.15, -0.1) is 0 Å². The van der Waals surface area contributed by atoms with Crippen LogP contribution in [0.3, 0.4) is 0 Å². The average Bonchev–Trinajstić information content (AvgIpc) is 2.83. The molecule has 1 saturated heterocycles. The zero-order valence-corrected chi connectivity index (χ0v) is 12.2. The first-order valence-electron chi connectivity index (χ1n) is 6.76. The highest BCUT2D eigenvalue weighted by molar-refractivity contribution is 7.88. The molecule has 0 saturated carbocycles. The maximum absolute atomic E-state index is 10.9. The van der Waals surface area contributed by atoms with E-state index >= 15 is 0 Å². The molecule has 4 nitrogen and oxygen atoms in total. The Labute approximate surface area is 115 Å². The molecule has 1 aromatic carbocycles. The van der Waals surface area contributed by atoms with Crippen LogP contribution in [0.4, 0.5) is 0 Å². The molecule has 1 aliphatic rings. The van der Waals surface area contributed by atoms with Gasteiger partial charge in [0.05, 0.1) is 6.26 Å². The van der Waals surface area contributed by atoms with E-state index in [2.05, 4.69) is 33.9 Å². The molecule has 0 radical (unpaired) electrons. The predicted molar refractivity (Wildman–Crippen MR) is 77.7 cm³/mol. The van der Waals surface area contributed by atoms with Crippen LogP contribution in [0, 0.1) is 0 Å². The summed E-state index contributed by atoms with van der Waals surface area (Å²) in [6.45, 7) is 3.69. The van der Waals surface area contributed by atoms with Crippen LogP contribution >= 0.6 is 0 Å². The molecule has 0 amide bonds. The molecule has 106 valence electrons. The third-order valence-corrected chi connectivity index (χ3v) is 4.29. The molecule has 1 N–H and O–H groups in total. The van der Waals surface area contributed by atoms with Crippen molar-refractivity contribution in [1.82, 2.24) is 9.62 Å². The number of benzene rings is 1. The normalized spacial score (nSPS) is 20.8. The van der Waals surface area contributed by atoms with Gasteiger partial charge < -0.3 is 4.90 Å². The average molecular weight is 282 g/mol. The number of sulfonamides is 1. The van der Waals surface area contributed by atoms with Gasteiger partial charge in [-0.25, -0.2) is 13.1 Å². The number of likely N-dealkylation sites (tertiary alicyclic amines) is 1. The van der Waals surface area contributed by atoms with Crippen LogP contribution in [-0.2, 0) is 10.0 Å². The summed E-state index contributed by atoms with van der Waals surface area (Å²) >= 11 is 0. The summed E-state index contributed by atoms with van der Waals surface area (Å²) in [5.74, 6) is 0.629. The first-order chi connectivity index (χ1) is 9.04. The maximum atomic E-state index is 10.9. The summed E-state index contributed by atoms with van der Waals surface area (Å²) in [6.07, 6.45) is 3.27. The maximum Gasteiger partial charge on any atom is 0.208 e. The standard InChI is InChI=1S/C14H22N2O2S/c1-19(17,18)15-9-5-10-16-11-8-14(12-16)13-6-3-2-4-7-13/h2-4,6-7,14-15H,5,8-12H2,1H3/t14-/m0/s1. The molecule has 19 heavy (non-hydrogen) atoms. The van der Waals surface area contributed by atoms with Gasteiger partial charge in [-0.05, 0) is 37.4 Å². The second-order valence-corrected chi connectivity index (χ2v) is 7.05. The van der Waals surface area contributed by atoms with Crippen LogP contribution in [0.2, 0.25) is 0 Å². The Hall–Kier alpha value is -0.910. The summed E-state index contributed by atoms with van der Waals surface area (Å²) in [5, 5.41) is 0. The molecule has 0 bridgehead atoms.